The normalized spacial score (nSPS) is 18.6. The number of hydrogen-bond donors (Lipinski definition) is 1. The van der Waals surface area contributed by atoms with Crippen LogP contribution in [-0.4, -0.2) is 42.3 Å². The summed E-state index contributed by atoms with van der Waals surface area (Å²) in [4.78, 5) is 23.4. The average Bonchev–Trinajstić information content (AvgIpc) is 2.86. The van der Waals surface area contributed by atoms with Crippen LogP contribution in [0.1, 0.15) is 16.8 Å². The quantitative estimate of drug-likeness (QED) is 0.656. The minimum Gasteiger partial charge on any atom is -0.477 e. The number of nitro groups is 1. The molecule has 7 heteroatoms. The van der Waals surface area contributed by atoms with Crippen molar-refractivity contribution in [3.8, 4) is 0 Å². The first-order valence-electron chi connectivity index (χ1n) is 5.83. The molecule has 1 aliphatic heterocycles. The molecular formula is C12H14N2O5. The molecule has 19 heavy (non-hydrogen) atoms. The molecule has 2 rings (SSSR count). The Balaban J connectivity index is 2.43. The minimum atomic E-state index is -1.30. The second-order valence-corrected chi connectivity index (χ2v) is 4.33. The molecule has 102 valence electrons. The molecule has 1 fully saturated rings. The van der Waals surface area contributed by atoms with Crippen LogP contribution in [-0.2, 0) is 4.74 Å². The van der Waals surface area contributed by atoms with E-state index in [4.69, 9.17) is 9.84 Å². The van der Waals surface area contributed by atoms with Crippen LogP contribution in [0.5, 0.6) is 0 Å². The van der Waals surface area contributed by atoms with Crippen molar-refractivity contribution in [1.29, 1.82) is 0 Å². The number of methoxy groups -OCH3 is 1. The number of aromatic carboxylic acids is 1. The van der Waals surface area contributed by atoms with Crippen LogP contribution in [0.25, 0.3) is 0 Å². The average molecular weight is 266 g/mol. The third kappa shape index (κ3) is 2.50. The molecule has 0 spiro atoms. The van der Waals surface area contributed by atoms with E-state index in [1.807, 2.05) is 0 Å². The van der Waals surface area contributed by atoms with Crippen LogP contribution in [0.3, 0.4) is 0 Å². The zero-order valence-electron chi connectivity index (χ0n) is 10.4. The predicted molar refractivity (Wildman–Crippen MR) is 67.7 cm³/mol. The summed E-state index contributed by atoms with van der Waals surface area (Å²) in [7, 11) is 1.59. The maximum atomic E-state index is 11.1. The monoisotopic (exact) mass is 266 g/mol. The number of carbonyl (C=O) groups is 1. The van der Waals surface area contributed by atoms with Crippen molar-refractivity contribution in [2.24, 2.45) is 0 Å². The van der Waals surface area contributed by atoms with Gasteiger partial charge in [-0.1, -0.05) is 6.07 Å². The standard InChI is InChI=1S/C12H14N2O5/c1-19-8-5-6-13(7-8)10-4-2-3-9(12(15)16)11(10)14(17)18/h2-4,8H,5-7H2,1H3,(H,15,16). The maximum absolute atomic E-state index is 11.1. The number of rotatable bonds is 4. The number of nitro benzene ring substituents is 1. The van der Waals surface area contributed by atoms with Gasteiger partial charge in [-0.25, -0.2) is 4.79 Å². The van der Waals surface area contributed by atoms with Crippen molar-refractivity contribution in [1.82, 2.24) is 0 Å². The molecule has 0 radical (unpaired) electrons. The molecule has 1 aliphatic rings. The number of carboxylic acids is 1. The van der Waals surface area contributed by atoms with Gasteiger partial charge in [-0.05, 0) is 18.6 Å². The van der Waals surface area contributed by atoms with Crippen molar-refractivity contribution in [3.05, 3.63) is 33.9 Å². The van der Waals surface area contributed by atoms with Crippen molar-refractivity contribution < 1.29 is 19.6 Å². The van der Waals surface area contributed by atoms with E-state index in [1.54, 1.807) is 18.1 Å². The van der Waals surface area contributed by atoms with Crippen molar-refractivity contribution >= 4 is 17.3 Å². The maximum Gasteiger partial charge on any atom is 0.342 e. The number of carboxylic acid groups (broad SMARTS) is 1. The van der Waals surface area contributed by atoms with E-state index in [0.717, 1.165) is 6.42 Å². The lowest BCUT2D eigenvalue weighted by Crippen LogP contribution is -2.23. The highest BCUT2D eigenvalue weighted by Crippen LogP contribution is 2.34. The fourth-order valence-electron chi connectivity index (χ4n) is 2.29. The fourth-order valence-corrected chi connectivity index (χ4v) is 2.29. The van der Waals surface area contributed by atoms with E-state index in [2.05, 4.69) is 0 Å². The predicted octanol–water partition coefficient (Wildman–Crippen LogP) is 1.52. The second kappa shape index (κ2) is 5.23. The Morgan fingerprint density at radius 1 is 1.58 bits per heavy atom. The van der Waals surface area contributed by atoms with Gasteiger partial charge in [0.05, 0.1) is 11.0 Å². The summed E-state index contributed by atoms with van der Waals surface area (Å²) in [5.41, 5.74) is -0.306. The Kier molecular flexibility index (Phi) is 3.66. The Morgan fingerprint density at radius 3 is 2.84 bits per heavy atom. The molecule has 0 bridgehead atoms. The van der Waals surface area contributed by atoms with Gasteiger partial charge in [0.15, 0.2) is 0 Å². The van der Waals surface area contributed by atoms with Gasteiger partial charge in [-0.3, -0.25) is 10.1 Å². The van der Waals surface area contributed by atoms with E-state index in [9.17, 15) is 14.9 Å². The lowest BCUT2D eigenvalue weighted by Gasteiger charge is -2.18. The van der Waals surface area contributed by atoms with E-state index in [-0.39, 0.29) is 17.4 Å². The zero-order chi connectivity index (χ0) is 14.0. The van der Waals surface area contributed by atoms with E-state index >= 15 is 0 Å². The summed E-state index contributed by atoms with van der Waals surface area (Å²) in [5.74, 6) is -1.30. The lowest BCUT2D eigenvalue weighted by molar-refractivity contribution is -0.384. The highest BCUT2D eigenvalue weighted by Gasteiger charge is 2.31. The fraction of sp³-hybridized carbons (Fsp3) is 0.417. The smallest absolute Gasteiger partial charge is 0.342 e. The van der Waals surface area contributed by atoms with Gasteiger partial charge >= 0.3 is 11.7 Å². The molecule has 1 aromatic rings. The van der Waals surface area contributed by atoms with Gasteiger partial charge in [-0.15, -0.1) is 0 Å². The van der Waals surface area contributed by atoms with Gasteiger partial charge in [0.2, 0.25) is 0 Å². The Morgan fingerprint density at radius 2 is 2.32 bits per heavy atom. The number of hydrogen-bond acceptors (Lipinski definition) is 5. The molecule has 1 saturated heterocycles. The van der Waals surface area contributed by atoms with E-state index in [1.165, 1.54) is 12.1 Å². The Hall–Kier alpha value is -2.15. The topological polar surface area (TPSA) is 92.9 Å². The highest BCUT2D eigenvalue weighted by molar-refractivity contribution is 5.95. The van der Waals surface area contributed by atoms with Crippen LogP contribution in [0, 0.1) is 10.1 Å². The Bertz CT molecular complexity index is 517. The zero-order valence-corrected chi connectivity index (χ0v) is 10.4. The lowest BCUT2D eigenvalue weighted by atomic mass is 10.1. The van der Waals surface area contributed by atoms with E-state index in [0.29, 0.717) is 18.8 Å². The summed E-state index contributed by atoms with van der Waals surface area (Å²) >= 11 is 0. The Labute approximate surface area is 109 Å². The first kappa shape index (κ1) is 13.3. The molecular weight excluding hydrogens is 252 g/mol. The van der Waals surface area contributed by atoms with Crippen molar-refractivity contribution in [2.45, 2.75) is 12.5 Å². The SMILES string of the molecule is COC1CCN(c2cccc(C(=O)O)c2[N+](=O)[O-])C1. The van der Waals surface area contributed by atoms with Gasteiger partial charge in [0.25, 0.3) is 0 Å². The van der Waals surface area contributed by atoms with Crippen LogP contribution < -0.4 is 4.90 Å². The van der Waals surface area contributed by atoms with Crippen LogP contribution in [0.15, 0.2) is 18.2 Å². The first-order valence-corrected chi connectivity index (χ1v) is 5.83. The molecule has 0 saturated carbocycles. The van der Waals surface area contributed by atoms with E-state index < -0.39 is 10.9 Å². The van der Waals surface area contributed by atoms with Crippen LogP contribution in [0.2, 0.25) is 0 Å². The third-order valence-corrected chi connectivity index (χ3v) is 3.25. The van der Waals surface area contributed by atoms with Gasteiger partial charge in [0.1, 0.15) is 11.3 Å². The minimum absolute atomic E-state index is 0.0214. The van der Waals surface area contributed by atoms with Gasteiger partial charge in [0, 0.05) is 20.2 Å². The number of nitrogens with zero attached hydrogens (tertiary/aromatic N) is 2. The molecule has 0 aromatic heterocycles. The van der Waals surface area contributed by atoms with Gasteiger partial charge in [-0.2, -0.15) is 0 Å². The number of benzene rings is 1. The van der Waals surface area contributed by atoms with Crippen LogP contribution >= 0.6 is 0 Å². The largest absolute Gasteiger partial charge is 0.477 e. The first-order chi connectivity index (χ1) is 9.04. The van der Waals surface area contributed by atoms with Gasteiger partial charge < -0.3 is 14.7 Å². The number of para-hydroxylation sites is 1. The molecule has 1 unspecified atom stereocenters. The molecule has 1 N–H and O–H groups in total. The molecule has 1 atom stereocenters. The summed E-state index contributed by atoms with van der Waals surface area (Å²) in [6.45, 7) is 1.14. The molecule has 0 aliphatic carbocycles. The molecule has 7 nitrogen and oxygen atoms in total. The molecule has 1 aromatic carbocycles. The third-order valence-electron chi connectivity index (χ3n) is 3.25. The summed E-state index contributed by atoms with van der Waals surface area (Å²) in [6.07, 6.45) is 0.790. The summed E-state index contributed by atoms with van der Waals surface area (Å²) in [5, 5.41) is 20.2. The summed E-state index contributed by atoms with van der Waals surface area (Å²) in [6, 6.07) is 4.34. The number of anilines is 1. The molecule has 0 amide bonds. The number of ether oxygens (including phenoxy) is 1. The second-order valence-electron chi connectivity index (χ2n) is 4.33. The summed E-state index contributed by atoms with van der Waals surface area (Å²) < 4.78 is 5.21. The molecule has 1 heterocycles. The van der Waals surface area contributed by atoms with Crippen molar-refractivity contribution in [2.75, 3.05) is 25.1 Å². The van der Waals surface area contributed by atoms with Crippen LogP contribution in [0.4, 0.5) is 11.4 Å². The van der Waals surface area contributed by atoms with Crippen molar-refractivity contribution in [3.63, 3.8) is 0 Å². The highest BCUT2D eigenvalue weighted by atomic mass is 16.6.